The van der Waals surface area contributed by atoms with Gasteiger partial charge >= 0.3 is 5.91 Å². The Labute approximate surface area is 163 Å². The number of rotatable bonds is 4. The largest absolute Gasteiger partial charge is 0.300 e. The molecule has 1 aromatic carbocycles. The number of ketones is 1. The second kappa shape index (κ2) is 6.28. The fourth-order valence-electron chi connectivity index (χ4n) is 4.52. The number of Topliss-reactive ketones (excluding diaryl/α,β-unsaturated/α-hetero) is 1. The second-order valence-electron chi connectivity index (χ2n) is 8.28. The summed E-state index contributed by atoms with van der Waals surface area (Å²) in [5, 5.41) is 2.19. The van der Waals surface area contributed by atoms with Gasteiger partial charge in [-0.3, -0.25) is 19.4 Å². The van der Waals surface area contributed by atoms with Crippen LogP contribution in [0.2, 0.25) is 0 Å². The first-order valence-electron chi connectivity index (χ1n) is 9.85. The number of nitrogens with zero attached hydrogens (tertiary/aromatic N) is 2. The molecule has 5 heteroatoms. The van der Waals surface area contributed by atoms with E-state index < -0.39 is 0 Å². The van der Waals surface area contributed by atoms with Gasteiger partial charge in [-0.05, 0) is 65.8 Å². The number of benzene rings is 1. The van der Waals surface area contributed by atoms with Crippen LogP contribution < -0.4 is 4.90 Å². The van der Waals surface area contributed by atoms with Crippen molar-refractivity contribution in [3.63, 3.8) is 0 Å². The molecule has 0 radical (unpaired) electrons. The van der Waals surface area contributed by atoms with Crippen molar-refractivity contribution in [2.24, 2.45) is 5.92 Å². The summed E-state index contributed by atoms with van der Waals surface area (Å²) in [6, 6.07) is 8.57. The summed E-state index contributed by atoms with van der Waals surface area (Å²) in [7, 11) is 0. The van der Waals surface area contributed by atoms with E-state index in [0.717, 1.165) is 24.2 Å². The molecular formula is C22H24N2O2S. The lowest BCUT2D eigenvalue weighted by atomic mass is 9.96. The van der Waals surface area contributed by atoms with Crippen molar-refractivity contribution < 1.29 is 9.59 Å². The summed E-state index contributed by atoms with van der Waals surface area (Å²) < 4.78 is 0. The Hall–Kier alpha value is -1.98. The van der Waals surface area contributed by atoms with E-state index in [2.05, 4.69) is 30.2 Å². The van der Waals surface area contributed by atoms with Crippen LogP contribution in [-0.4, -0.2) is 29.8 Å². The Bertz CT molecular complexity index is 928. The average Bonchev–Trinajstić information content (AvgIpc) is 3.34. The number of amides is 1. The van der Waals surface area contributed by atoms with Gasteiger partial charge in [0.25, 0.3) is 5.78 Å². The first-order valence-corrected chi connectivity index (χ1v) is 10.7. The van der Waals surface area contributed by atoms with Gasteiger partial charge in [0, 0.05) is 17.5 Å². The highest BCUT2D eigenvalue weighted by Gasteiger charge is 2.43. The summed E-state index contributed by atoms with van der Waals surface area (Å²) in [6.45, 7) is 5.67. The van der Waals surface area contributed by atoms with Gasteiger partial charge in [-0.15, -0.1) is 11.3 Å². The molecule has 27 heavy (non-hydrogen) atoms. The van der Waals surface area contributed by atoms with E-state index in [4.69, 9.17) is 0 Å². The zero-order valence-electron chi connectivity index (χ0n) is 15.8. The van der Waals surface area contributed by atoms with Gasteiger partial charge in [-0.25, -0.2) is 0 Å². The molecule has 0 saturated heterocycles. The molecule has 2 aliphatic heterocycles. The molecule has 5 rings (SSSR count). The summed E-state index contributed by atoms with van der Waals surface area (Å²) in [6.07, 6.45) is 3.56. The van der Waals surface area contributed by atoms with Crippen LogP contribution in [0.4, 0.5) is 5.69 Å². The zero-order valence-corrected chi connectivity index (χ0v) is 16.6. The van der Waals surface area contributed by atoms with E-state index in [1.54, 1.807) is 4.90 Å². The number of fused-ring (bicyclic) bond motifs is 2. The standard InChI is InChI=1S/C22H24N2O2S/c1-13(2)15-5-6-18-17(11-15)21(25)22(26)24(18)12-23-9-7-19-16(8-10-27-19)20(23)14-3-4-14/h5-6,8,10-11,13-14,20H,3-4,7,9,12H2,1-2H3/t20-/m0/s1. The molecule has 1 aliphatic carbocycles. The maximum Gasteiger partial charge on any atom is 0.300 e. The summed E-state index contributed by atoms with van der Waals surface area (Å²) >= 11 is 1.85. The molecule has 1 aromatic heterocycles. The van der Waals surface area contributed by atoms with Gasteiger partial charge in [0.1, 0.15) is 0 Å². The van der Waals surface area contributed by atoms with E-state index in [-0.39, 0.29) is 11.7 Å². The van der Waals surface area contributed by atoms with E-state index in [1.807, 2.05) is 29.5 Å². The smallest absolute Gasteiger partial charge is 0.291 e. The minimum Gasteiger partial charge on any atom is -0.291 e. The lowest BCUT2D eigenvalue weighted by molar-refractivity contribution is -0.114. The van der Waals surface area contributed by atoms with Gasteiger partial charge in [0.05, 0.1) is 17.9 Å². The van der Waals surface area contributed by atoms with E-state index >= 15 is 0 Å². The van der Waals surface area contributed by atoms with E-state index in [1.165, 1.54) is 23.3 Å². The molecule has 0 unspecified atom stereocenters. The molecule has 140 valence electrons. The first kappa shape index (κ1) is 17.1. The molecule has 0 bridgehead atoms. The van der Waals surface area contributed by atoms with Crippen molar-refractivity contribution in [1.29, 1.82) is 0 Å². The Kier molecular flexibility index (Phi) is 3.99. The molecule has 2 aromatic rings. The average molecular weight is 381 g/mol. The Balaban J connectivity index is 1.46. The third kappa shape index (κ3) is 2.75. The van der Waals surface area contributed by atoms with Gasteiger partial charge in [0.15, 0.2) is 0 Å². The Morgan fingerprint density at radius 2 is 2.00 bits per heavy atom. The molecule has 0 spiro atoms. The fourth-order valence-corrected chi connectivity index (χ4v) is 5.43. The van der Waals surface area contributed by atoms with Crippen molar-refractivity contribution in [3.05, 3.63) is 51.2 Å². The quantitative estimate of drug-likeness (QED) is 0.740. The van der Waals surface area contributed by atoms with E-state index in [9.17, 15) is 9.59 Å². The van der Waals surface area contributed by atoms with Crippen LogP contribution >= 0.6 is 11.3 Å². The maximum absolute atomic E-state index is 12.8. The van der Waals surface area contributed by atoms with Crippen LogP contribution in [0.25, 0.3) is 0 Å². The molecule has 3 aliphatic rings. The van der Waals surface area contributed by atoms with Crippen molar-refractivity contribution >= 4 is 28.7 Å². The summed E-state index contributed by atoms with van der Waals surface area (Å²) in [4.78, 5) is 31.0. The fraction of sp³-hybridized carbons (Fsp3) is 0.455. The second-order valence-corrected chi connectivity index (χ2v) is 9.28. The van der Waals surface area contributed by atoms with Crippen LogP contribution in [0.3, 0.4) is 0 Å². The number of carbonyl (C=O) groups is 2. The van der Waals surface area contributed by atoms with Gasteiger partial charge in [-0.1, -0.05) is 19.9 Å². The van der Waals surface area contributed by atoms with Crippen LogP contribution in [0.5, 0.6) is 0 Å². The molecule has 1 fully saturated rings. The topological polar surface area (TPSA) is 40.6 Å². The molecule has 1 saturated carbocycles. The number of hydrogen-bond donors (Lipinski definition) is 0. The van der Waals surface area contributed by atoms with Gasteiger partial charge in [-0.2, -0.15) is 0 Å². The molecule has 1 atom stereocenters. The molecule has 4 nitrogen and oxygen atoms in total. The SMILES string of the molecule is CC(C)c1ccc2c(c1)C(=O)C(=O)N2CN1CCc2sccc2[C@@H]1C1CC1. The number of carbonyl (C=O) groups excluding carboxylic acids is 2. The molecule has 3 heterocycles. The van der Waals surface area contributed by atoms with Crippen LogP contribution in [0, 0.1) is 5.92 Å². The molecule has 0 N–H and O–H groups in total. The predicted octanol–water partition coefficient (Wildman–Crippen LogP) is 4.37. The Morgan fingerprint density at radius 1 is 1.19 bits per heavy atom. The van der Waals surface area contributed by atoms with Crippen LogP contribution in [-0.2, 0) is 11.2 Å². The van der Waals surface area contributed by atoms with Crippen molar-refractivity contribution in [2.45, 2.75) is 45.1 Å². The monoisotopic (exact) mass is 380 g/mol. The van der Waals surface area contributed by atoms with Crippen LogP contribution in [0.1, 0.15) is 65.0 Å². The maximum atomic E-state index is 12.8. The molecular weight excluding hydrogens is 356 g/mol. The number of thiophene rings is 1. The highest BCUT2D eigenvalue weighted by molar-refractivity contribution is 7.10. The highest BCUT2D eigenvalue weighted by Crippen LogP contribution is 2.48. The van der Waals surface area contributed by atoms with E-state index in [0.29, 0.717) is 30.1 Å². The number of anilines is 1. The summed E-state index contributed by atoms with van der Waals surface area (Å²) in [5.41, 5.74) is 3.90. The van der Waals surface area contributed by atoms with Crippen molar-refractivity contribution in [2.75, 3.05) is 18.1 Å². The van der Waals surface area contributed by atoms with Gasteiger partial charge < -0.3 is 0 Å². The summed E-state index contributed by atoms with van der Waals surface area (Å²) in [5.74, 6) is 0.292. The zero-order chi connectivity index (χ0) is 18.7. The third-order valence-corrected chi connectivity index (χ3v) is 7.17. The minimum absolute atomic E-state index is 0.339. The third-order valence-electron chi connectivity index (χ3n) is 6.17. The minimum atomic E-state index is -0.378. The highest BCUT2D eigenvalue weighted by atomic mass is 32.1. The normalized spacial score (nSPS) is 22.5. The number of hydrogen-bond acceptors (Lipinski definition) is 4. The first-order chi connectivity index (χ1) is 13.0. The van der Waals surface area contributed by atoms with Gasteiger partial charge in [0.2, 0.25) is 0 Å². The Morgan fingerprint density at radius 3 is 2.74 bits per heavy atom. The molecule has 1 amide bonds. The lowest BCUT2D eigenvalue weighted by Crippen LogP contribution is -2.45. The van der Waals surface area contributed by atoms with Crippen molar-refractivity contribution in [1.82, 2.24) is 4.90 Å². The van der Waals surface area contributed by atoms with Crippen molar-refractivity contribution in [3.8, 4) is 0 Å². The predicted molar refractivity (Wildman–Crippen MR) is 107 cm³/mol. The van der Waals surface area contributed by atoms with Crippen LogP contribution in [0.15, 0.2) is 29.6 Å². The lowest BCUT2D eigenvalue weighted by Gasteiger charge is -2.38.